The topological polar surface area (TPSA) is 80.7 Å². The van der Waals surface area contributed by atoms with Gasteiger partial charge in [0.1, 0.15) is 0 Å². The standard InChI is InChI=1S/C8H16O5S/c1-6(13-3)5-14(11,12)7(2)4-8(9)10/h6-7H,4-5H2,1-3H3,(H,9,10). The number of hydrogen-bond donors (Lipinski definition) is 1. The molecule has 2 unspecified atom stereocenters. The van der Waals surface area contributed by atoms with E-state index in [1.54, 1.807) is 6.92 Å². The fraction of sp³-hybridized carbons (Fsp3) is 0.875. The smallest absolute Gasteiger partial charge is 0.304 e. The van der Waals surface area contributed by atoms with E-state index in [1.807, 2.05) is 0 Å². The fourth-order valence-corrected chi connectivity index (χ4v) is 2.45. The average Bonchev–Trinajstić information content (AvgIpc) is 2.02. The van der Waals surface area contributed by atoms with E-state index in [2.05, 4.69) is 0 Å². The molecule has 0 saturated heterocycles. The lowest BCUT2D eigenvalue weighted by Gasteiger charge is -2.14. The molecule has 0 aromatic carbocycles. The maximum atomic E-state index is 11.5. The number of carboxylic acid groups (broad SMARTS) is 1. The zero-order valence-electron chi connectivity index (χ0n) is 8.56. The molecule has 0 radical (unpaired) electrons. The first kappa shape index (κ1) is 13.4. The Balaban J connectivity index is 4.39. The minimum Gasteiger partial charge on any atom is -0.481 e. The summed E-state index contributed by atoms with van der Waals surface area (Å²) in [4.78, 5) is 10.3. The van der Waals surface area contributed by atoms with E-state index in [9.17, 15) is 13.2 Å². The van der Waals surface area contributed by atoms with E-state index in [4.69, 9.17) is 9.84 Å². The van der Waals surface area contributed by atoms with Crippen molar-refractivity contribution in [3.8, 4) is 0 Å². The number of carbonyl (C=O) groups is 1. The number of sulfone groups is 1. The number of hydrogen-bond acceptors (Lipinski definition) is 4. The number of ether oxygens (including phenoxy) is 1. The van der Waals surface area contributed by atoms with Crippen LogP contribution in [-0.2, 0) is 19.4 Å². The van der Waals surface area contributed by atoms with E-state index < -0.39 is 27.2 Å². The van der Waals surface area contributed by atoms with Gasteiger partial charge in [0.25, 0.3) is 0 Å². The van der Waals surface area contributed by atoms with Crippen molar-refractivity contribution < 1.29 is 23.1 Å². The zero-order chi connectivity index (χ0) is 11.4. The summed E-state index contributed by atoms with van der Waals surface area (Å²) < 4.78 is 27.8. The van der Waals surface area contributed by atoms with Gasteiger partial charge in [-0.15, -0.1) is 0 Å². The SMILES string of the molecule is COC(C)CS(=O)(=O)C(C)CC(=O)O. The van der Waals surface area contributed by atoms with Gasteiger partial charge in [-0.3, -0.25) is 4.79 Å². The summed E-state index contributed by atoms with van der Waals surface area (Å²) in [5, 5.41) is 7.58. The van der Waals surface area contributed by atoms with E-state index in [-0.39, 0.29) is 12.2 Å². The highest BCUT2D eigenvalue weighted by molar-refractivity contribution is 7.92. The fourth-order valence-electron chi connectivity index (χ4n) is 0.932. The lowest BCUT2D eigenvalue weighted by Crippen LogP contribution is -2.29. The third kappa shape index (κ3) is 4.57. The highest BCUT2D eigenvalue weighted by atomic mass is 32.2. The van der Waals surface area contributed by atoms with Crippen LogP contribution in [0.5, 0.6) is 0 Å². The van der Waals surface area contributed by atoms with Gasteiger partial charge >= 0.3 is 5.97 Å². The number of aliphatic carboxylic acids is 1. The zero-order valence-corrected chi connectivity index (χ0v) is 9.37. The van der Waals surface area contributed by atoms with Gasteiger partial charge < -0.3 is 9.84 Å². The summed E-state index contributed by atoms with van der Waals surface area (Å²) in [5.74, 6) is -1.25. The van der Waals surface area contributed by atoms with Crippen LogP contribution < -0.4 is 0 Å². The first-order valence-electron chi connectivity index (χ1n) is 4.25. The van der Waals surface area contributed by atoms with E-state index in [1.165, 1.54) is 14.0 Å². The summed E-state index contributed by atoms with van der Waals surface area (Å²) in [6.07, 6.45) is -0.769. The maximum Gasteiger partial charge on any atom is 0.304 e. The van der Waals surface area contributed by atoms with Crippen molar-refractivity contribution >= 4 is 15.8 Å². The van der Waals surface area contributed by atoms with E-state index in [0.29, 0.717) is 0 Å². The molecule has 0 aliphatic rings. The quantitative estimate of drug-likeness (QED) is 0.701. The van der Waals surface area contributed by atoms with Crippen LogP contribution in [0.3, 0.4) is 0 Å². The average molecular weight is 224 g/mol. The normalized spacial score (nSPS) is 16.2. The Morgan fingerprint density at radius 3 is 2.29 bits per heavy atom. The molecule has 0 aromatic rings. The van der Waals surface area contributed by atoms with Crippen molar-refractivity contribution in [3.05, 3.63) is 0 Å². The molecule has 0 fully saturated rings. The third-order valence-electron chi connectivity index (χ3n) is 1.94. The molecule has 5 nitrogen and oxygen atoms in total. The highest BCUT2D eigenvalue weighted by Crippen LogP contribution is 2.09. The number of carboxylic acids is 1. The molecule has 1 N–H and O–H groups in total. The van der Waals surface area contributed by atoms with Gasteiger partial charge in [-0.25, -0.2) is 8.42 Å². The predicted octanol–water partition coefficient (Wildman–Crippen LogP) is 0.299. The Morgan fingerprint density at radius 1 is 1.43 bits per heavy atom. The molecule has 0 bridgehead atoms. The molecule has 0 aromatic heterocycles. The molecule has 0 aliphatic carbocycles. The maximum absolute atomic E-state index is 11.5. The summed E-state index contributed by atoms with van der Waals surface area (Å²) in [6, 6.07) is 0. The first-order valence-corrected chi connectivity index (χ1v) is 5.97. The van der Waals surface area contributed by atoms with Crippen LogP contribution >= 0.6 is 0 Å². The van der Waals surface area contributed by atoms with E-state index in [0.717, 1.165) is 0 Å². The van der Waals surface area contributed by atoms with Crippen LogP contribution in [0.2, 0.25) is 0 Å². The van der Waals surface area contributed by atoms with Crippen molar-refractivity contribution in [2.75, 3.05) is 12.9 Å². The van der Waals surface area contributed by atoms with Crippen LogP contribution in [0, 0.1) is 0 Å². The van der Waals surface area contributed by atoms with E-state index >= 15 is 0 Å². The Morgan fingerprint density at radius 2 is 1.93 bits per heavy atom. The largest absolute Gasteiger partial charge is 0.481 e. The molecule has 84 valence electrons. The molecule has 0 aliphatic heterocycles. The number of rotatable bonds is 6. The second-order valence-corrected chi connectivity index (χ2v) is 5.75. The minimum absolute atomic E-state index is 0.141. The van der Waals surface area contributed by atoms with Gasteiger partial charge in [0.05, 0.1) is 23.5 Å². The van der Waals surface area contributed by atoms with Crippen molar-refractivity contribution in [3.63, 3.8) is 0 Å². The summed E-state index contributed by atoms with van der Waals surface area (Å²) >= 11 is 0. The molecule has 0 spiro atoms. The van der Waals surface area contributed by atoms with Gasteiger partial charge in [-0.2, -0.15) is 0 Å². The molecule has 0 heterocycles. The van der Waals surface area contributed by atoms with Crippen LogP contribution in [-0.4, -0.2) is 43.7 Å². The third-order valence-corrected chi connectivity index (χ3v) is 4.27. The summed E-state index contributed by atoms with van der Waals surface area (Å²) in [6.45, 7) is 3.02. The van der Waals surface area contributed by atoms with Crippen LogP contribution in [0.15, 0.2) is 0 Å². The summed E-state index contributed by atoms with van der Waals surface area (Å²) in [7, 11) is -1.95. The Bertz CT molecular complexity index is 282. The molecule has 0 amide bonds. The van der Waals surface area contributed by atoms with Crippen molar-refractivity contribution in [2.24, 2.45) is 0 Å². The Hall–Kier alpha value is -0.620. The van der Waals surface area contributed by atoms with Gasteiger partial charge in [-0.1, -0.05) is 0 Å². The summed E-state index contributed by atoms with van der Waals surface area (Å²) in [5.41, 5.74) is 0. The monoisotopic (exact) mass is 224 g/mol. The van der Waals surface area contributed by atoms with Gasteiger partial charge in [0.15, 0.2) is 9.84 Å². The molecular weight excluding hydrogens is 208 g/mol. The van der Waals surface area contributed by atoms with Crippen LogP contribution in [0.1, 0.15) is 20.3 Å². The van der Waals surface area contributed by atoms with Gasteiger partial charge in [-0.05, 0) is 13.8 Å². The Kier molecular flexibility index (Phi) is 5.07. The van der Waals surface area contributed by atoms with Crippen LogP contribution in [0.4, 0.5) is 0 Å². The predicted molar refractivity (Wildman–Crippen MR) is 52.0 cm³/mol. The molecule has 0 rings (SSSR count). The first-order chi connectivity index (χ1) is 6.29. The van der Waals surface area contributed by atoms with Crippen LogP contribution in [0.25, 0.3) is 0 Å². The number of methoxy groups -OCH3 is 1. The molecule has 2 atom stereocenters. The van der Waals surface area contributed by atoms with Crippen molar-refractivity contribution in [2.45, 2.75) is 31.6 Å². The Labute approximate surface area is 84.0 Å². The second kappa shape index (κ2) is 5.31. The lowest BCUT2D eigenvalue weighted by atomic mass is 10.3. The minimum atomic E-state index is -3.37. The second-order valence-electron chi connectivity index (χ2n) is 3.28. The highest BCUT2D eigenvalue weighted by Gasteiger charge is 2.25. The molecule has 14 heavy (non-hydrogen) atoms. The molecular formula is C8H16O5S. The van der Waals surface area contributed by atoms with Crippen molar-refractivity contribution in [1.82, 2.24) is 0 Å². The lowest BCUT2D eigenvalue weighted by molar-refractivity contribution is -0.136. The van der Waals surface area contributed by atoms with Crippen molar-refractivity contribution in [1.29, 1.82) is 0 Å². The van der Waals surface area contributed by atoms with Gasteiger partial charge in [0, 0.05) is 7.11 Å². The van der Waals surface area contributed by atoms with Gasteiger partial charge in [0.2, 0.25) is 0 Å². The molecule has 6 heteroatoms. The molecule has 0 saturated carbocycles.